The molecule has 8 heteroatoms. The molecular formula is C18H21N7O. The summed E-state index contributed by atoms with van der Waals surface area (Å²) in [7, 11) is 0. The quantitative estimate of drug-likeness (QED) is 0.713. The SMILES string of the molecule is CC(Cn1nnc2ccccc21)C(=O)N1CCn2c(nnc2C2CC2)C1. The molecule has 3 heterocycles. The van der Waals surface area contributed by atoms with Gasteiger partial charge in [-0.1, -0.05) is 24.3 Å². The van der Waals surface area contributed by atoms with Gasteiger partial charge in [-0.25, -0.2) is 4.68 Å². The Morgan fingerprint density at radius 3 is 2.88 bits per heavy atom. The highest BCUT2D eigenvalue weighted by Gasteiger charge is 2.33. The summed E-state index contributed by atoms with van der Waals surface area (Å²) in [5.74, 6) is 2.56. The lowest BCUT2D eigenvalue weighted by Crippen LogP contribution is -2.42. The van der Waals surface area contributed by atoms with Crippen molar-refractivity contribution < 1.29 is 4.79 Å². The highest BCUT2D eigenvalue weighted by Crippen LogP contribution is 2.39. The van der Waals surface area contributed by atoms with Gasteiger partial charge in [-0.15, -0.1) is 15.3 Å². The van der Waals surface area contributed by atoms with Gasteiger partial charge in [-0.3, -0.25) is 4.79 Å². The second kappa shape index (κ2) is 5.89. The Morgan fingerprint density at radius 2 is 2.04 bits per heavy atom. The lowest BCUT2D eigenvalue weighted by atomic mass is 10.1. The number of carbonyl (C=O) groups is 1. The first-order chi connectivity index (χ1) is 12.7. The van der Waals surface area contributed by atoms with Crippen LogP contribution < -0.4 is 0 Å². The number of rotatable bonds is 4. The van der Waals surface area contributed by atoms with Crippen molar-refractivity contribution in [2.45, 2.75) is 45.3 Å². The number of amides is 1. The van der Waals surface area contributed by atoms with Crippen molar-refractivity contribution in [3.63, 3.8) is 0 Å². The highest BCUT2D eigenvalue weighted by atomic mass is 16.2. The summed E-state index contributed by atoms with van der Waals surface area (Å²) in [5, 5.41) is 17.0. The lowest BCUT2D eigenvalue weighted by Gasteiger charge is -2.30. The van der Waals surface area contributed by atoms with Gasteiger partial charge >= 0.3 is 0 Å². The Labute approximate surface area is 150 Å². The van der Waals surface area contributed by atoms with E-state index in [1.807, 2.05) is 40.8 Å². The lowest BCUT2D eigenvalue weighted by molar-refractivity contribution is -0.137. The predicted molar refractivity (Wildman–Crippen MR) is 94.1 cm³/mol. The molecule has 2 aromatic heterocycles. The number of hydrogen-bond donors (Lipinski definition) is 0. The molecule has 0 N–H and O–H groups in total. The van der Waals surface area contributed by atoms with Crippen LogP contribution in [0.3, 0.4) is 0 Å². The van der Waals surface area contributed by atoms with Gasteiger partial charge in [0.05, 0.1) is 24.5 Å². The molecule has 1 fully saturated rings. The Bertz CT molecular complexity index is 971. The minimum absolute atomic E-state index is 0.131. The Balaban J connectivity index is 1.30. The highest BCUT2D eigenvalue weighted by molar-refractivity contribution is 5.79. The van der Waals surface area contributed by atoms with Crippen LogP contribution in [0.25, 0.3) is 11.0 Å². The molecule has 1 amide bonds. The van der Waals surface area contributed by atoms with Crippen LogP contribution in [-0.2, 0) is 24.4 Å². The third-order valence-electron chi connectivity index (χ3n) is 5.32. The van der Waals surface area contributed by atoms with Crippen LogP contribution in [0.5, 0.6) is 0 Å². The van der Waals surface area contributed by atoms with E-state index in [1.165, 1.54) is 12.8 Å². The summed E-state index contributed by atoms with van der Waals surface area (Å²) in [5.41, 5.74) is 1.81. The number of carbonyl (C=O) groups excluding carboxylic acids is 1. The molecule has 134 valence electrons. The van der Waals surface area contributed by atoms with Crippen molar-refractivity contribution in [1.82, 2.24) is 34.7 Å². The average Bonchev–Trinajstić information content (AvgIpc) is 3.30. The second-order valence-electron chi connectivity index (χ2n) is 7.32. The zero-order chi connectivity index (χ0) is 17.7. The molecule has 1 unspecified atom stereocenters. The first kappa shape index (κ1) is 15.5. The summed E-state index contributed by atoms with van der Waals surface area (Å²) in [6.45, 7) is 4.52. The Kier molecular flexibility index (Phi) is 3.51. The van der Waals surface area contributed by atoms with E-state index in [-0.39, 0.29) is 11.8 Å². The minimum Gasteiger partial charge on any atom is -0.333 e. The maximum Gasteiger partial charge on any atom is 0.227 e. The molecule has 1 aromatic carbocycles. The number of benzene rings is 1. The second-order valence-corrected chi connectivity index (χ2v) is 7.32. The van der Waals surface area contributed by atoms with E-state index >= 15 is 0 Å². The van der Waals surface area contributed by atoms with Crippen molar-refractivity contribution in [3.05, 3.63) is 35.9 Å². The topological polar surface area (TPSA) is 81.7 Å². The molecule has 5 rings (SSSR count). The smallest absolute Gasteiger partial charge is 0.227 e. The minimum atomic E-state index is -0.169. The summed E-state index contributed by atoms with van der Waals surface area (Å²) < 4.78 is 4.02. The molecule has 0 bridgehead atoms. The van der Waals surface area contributed by atoms with Crippen molar-refractivity contribution in [3.8, 4) is 0 Å². The van der Waals surface area contributed by atoms with E-state index in [0.29, 0.717) is 25.6 Å². The van der Waals surface area contributed by atoms with Crippen molar-refractivity contribution in [2.75, 3.05) is 6.54 Å². The molecule has 1 atom stereocenters. The van der Waals surface area contributed by atoms with Crippen molar-refractivity contribution >= 4 is 16.9 Å². The maximum atomic E-state index is 12.9. The number of fused-ring (bicyclic) bond motifs is 2. The standard InChI is InChI=1S/C18H21N7O/c1-12(10-25-15-5-3-2-4-14(15)19-22-25)18(26)23-8-9-24-16(11-23)20-21-17(24)13-6-7-13/h2-5,12-13H,6-11H2,1H3. The molecule has 3 aromatic rings. The van der Waals surface area contributed by atoms with Crippen LogP contribution in [0.15, 0.2) is 24.3 Å². The molecule has 0 saturated heterocycles. The van der Waals surface area contributed by atoms with E-state index in [2.05, 4.69) is 25.1 Å². The number of aromatic nitrogens is 6. The molecule has 0 spiro atoms. The van der Waals surface area contributed by atoms with Crippen LogP contribution in [0.4, 0.5) is 0 Å². The molecule has 0 radical (unpaired) electrons. The van der Waals surface area contributed by atoms with Crippen LogP contribution in [0.1, 0.15) is 37.3 Å². The first-order valence-corrected chi connectivity index (χ1v) is 9.19. The van der Waals surface area contributed by atoms with Crippen molar-refractivity contribution in [2.24, 2.45) is 5.92 Å². The van der Waals surface area contributed by atoms with Gasteiger partial charge in [0.15, 0.2) is 5.82 Å². The summed E-state index contributed by atoms with van der Waals surface area (Å²) in [4.78, 5) is 14.8. The van der Waals surface area contributed by atoms with Crippen LogP contribution in [0, 0.1) is 5.92 Å². The van der Waals surface area contributed by atoms with E-state index in [4.69, 9.17) is 0 Å². The Morgan fingerprint density at radius 1 is 1.19 bits per heavy atom. The van der Waals surface area contributed by atoms with Crippen LogP contribution in [0.2, 0.25) is 0 Å². The largest absolute Gasteiger partial charge is 0.333 e. The van der Waals surface area contributed by atoms with Gasteiger partial charge in [-0.2, -0.15) is 0 Å². The molecule has 1 saturated carbocycles. The number of nitrogens with zero attached hydrogens (tertiary/aromatic N) is 7. The van der Waals surface area contributed by atoms with E-state index < -0.39 is 0 Å². The monoisotopic (exact) mass is 351 g/mol. The molecule has 2 aliphatic rings. The first-order valence-electron chi connectivity index (χ1n) is 9.19. The van der Waals surface area contributed by atoms with E-state index in [0.717, 1.165) is 29.2 Å². The summed E-state index contributed by atoms with van der Waals surface area (Å²) in [6, 6.07) is 7.81. The predicted octanol–water partition coefficient (Wildman–Crippen LogP) is 1.58. The molecule has 26 heavy (non-hydrogen) atoms. The van der Waals surface area contributed by atoms with E-state index in [9.17, 15) is 4.79 Å². The summed E-state index contributed by atoms with van der Waals surface area (Å²) >= 11 is 0. The fraction of sp³-hybridized carbons (Fsp3) is 0.500. The third-order valence-corrected chi connectivity index (χ3v) is 5.32. The molecular weight excluding hydrogens is 330 g/mol. The zero-order valence-corrected chi connectivity index (χ0v) is 14.7. The van der Waals surface area contributed by atoms with Crippen LogP contribution >= 0.6 is 0 Å². The Hall–Kier alpha value is -2.77. The molecule has 8 nitrogen and oxygen atoms in total. The third kappa shape index (κ3) is 2.56. The van der Waals surface area contributed by atoms with Gasteiger partial charge in [0.25, 0.3) is 0 Å². The van der Waals surface area contributed by atoms with Gasteiger partial charge in [0.2, 0.25) is 5.91 Å². The zero-order valence-electron chi connectivity index (χ0n) is 14.7. The average molecular weight is 351 g/mol. The number of hydrogen-bond acceptors (Lipinski definition) is 5. The normalized spacial score (nSPS) is 18.1. The van der Waals surface area contributed by atoms with Crippen molar-refractivity contribution in [1.29, 1.82) is 0 Å². The number of para-hydroxylation sites is 1. The van der Waals surface area contributed by atoms with Gasteiger partial charge in [0.1, 0.15) is 11.3 Å². The van der Waals surface area contributed by atoms with E-state index in [1.54, 1.807) is 0 Å². The van der Waals surface area contributed by atoms with Crippen LogP contribution in [-0.4, -0.2) is 47.1 Å². The van der Waals surface area contributed by atoms with Gasteiger partial charge < -0.3 is 9.47 Å². The summed E-state index contributed by atoms with van der Waals surface area (Å²) in [6.07, 6.45) is 2.42. The van der Waals surface area contributed by atoms with Gasteiger partial charge in [-0.05, 0) is 25.0 Å². The molecule has 1 aliphatic heterocycles. The molecule has 1 aliphatic carbocycles. The maximum absolute atomic E-state index is 12.9. The fourth-order valence-corrected chi connectivity index (χ4v) is 3.71. The van der Waals surface area contributed by atoms with Gasteiger partial charge in [0, 0.05) is 19.0 Å². The fourth-order valence-electron chi connectivity index (χ4n) is 3.71.